The zero-order valence-corrected chi connectivity index (χ0v) is 15.2. The summed E-state index contributed by atoms with van der Waals surface area (Å²) in [6.45, 7) is 0. The van der Waals surface area contributed by atoms with Gasteiger partial charge in [-0.1, -0.05) is 18.2 Å². The van der Waals surface area contributed by atoms with Crippen LogP contribution in [-0.2, 0) is 0 Å². The van der Waals surface area contributed by atoms with Gasteiger partial charge in [0.1, 0.15) is 16.9 Å². The number of hydrogen-bond donors (Lipinski definition) is 0. The molecule has 4 aromatic rings. The summed E-state index contributed by atoms with van der Waals surface area (Å²) in [5.41, 5.74) is 2.56. The molecule has 136 valence electrons. The van der Waals surface area contributed by atoms with Crippen LogP contribution in [0.5, 0.6) is 17.2 Å². The Labute approximate surface area is 155 Å². The van der Waals surface area contributed by atoms with Crippen LogP contribution in [0, 0.1) is 0 Å². The number of methoxy groups -OCH3 is 3. The van der Waals surface area contributed by atoms with E-state index < -0.39 is 0 Å². The van der Waals surface area contributed by atoms with Crippen molar-refractivity contribution >= 4 is 21.9 Å². The predicted molar refractivity (Wildman–Crippen MR) is 105 cm³/mol. The molecule has 0 amide bonds. The molecule has 0 fully saturated rings. The van der Waals surface area contributed by atoms with Crippen LogP contribution < -0.4 is 19.6 Å². The second-order valence-electron chi connectivity index (χ2n) is 6.04. The molecular weight excluding hydrogens is 344 g/mol. The molecular formula is C22H18O5. The fourth-order valence-electron chi connectivity index (χ4n) is 3.25. The van der Waals surface area contributed by atoms with Gasteiger partial charge < -0.3 is 18.6 Å². The predicted octanol–water partition coefficient (Wildman–Crippen LogP) is 4.64. The molecule has 5 nitrogen and oxygen atoms in total. The van der Waals surface area contributed by atoms with Crippen LogP contribution in [0.4, 0.5) is 0 Å². The minimum atomic E-state index is -0.0840. The fraction of sp³-hybridized carbons (Fsp3) is 0.136. The Morgan fingerprint density at radius 2 is 1.59 bits per heavy atom. The maximum atomic E-state index is 13.2. The highest BCUT2D eigenvalue weighted by Crippen LogP contribution is 2.35. The molecule has 0 aliphatic carbocycles. The third-order valence-electron chi connectivity index (χ3n) is 4.60. The molecule has 0 radical (unpaired) electrons. The first-order chi connectivity index (χ1) is 13.2. The van der Waals surface area contributed by atoms with Crippen molar-refractivity contribution < 1.29 is 18.6 Å². The van der Waals surface area contributed by atoms with Gasteiger partial charge in [0.2, 0.25) is 5.43 Å². The lowest BCUT2D eigenvalue weighted by Crippen LogP contribution is -2.04. The topological polar surface area (TPSA) is 57.9 Å². The smallest absolute Gasteiger partial charge is 0.201 e. The van der Waals surface area contributed by atoms with Gasteiger partial charge in [0, 0.05) is 6.07 Å². The van der Waals surface area contributed by atoms with Gasteiger partial charge in [-0.05, 0) is 41.5 Å². The van der Waals surface area contributed by atoms with Crippen LogP contribution in [-0.4, -0.2) is 21.3 Å². The van der Waals surface area contributed by atoms with Crippen molar-refractivity contribution in [3.8, 4) is 28.4 Å². The van der Waals surface area contributed by atoms with Crippen molar-refractivity contribution in [2.24, 2.45) is 0 Å². The quantitative estimate of drug-likeness (QED) is 0.495. The van der Waals surface area contributed by atoms with E-state index in [1.54, 1.807) is 45.6 Å². The summed E-state index contributed by atoms with van der Waals surface area (Å²) in [7, 11) is 4.75. The molecule has 1 aromatic heterocycles. The van der Waals surface area contributed by atoms with Crippen molar-refractivity contribution in [1.29, 1.82) is 0 Å². The van der Waals surface area contributed by atoms with Crippen LogP contribution in [0.1, 0.15) is 0 Å². The molecule has 0 saturated heterocycles. The van der Waals surface area contributed by atoms with Gasteiger partial charge in [-0.15, -0.1) is 0 Å². The summed E-state index contributed by atoms with van der Waals surface area (Å²) in [5, 5.41) is 1.04. The van der Waals surface area contributed by atoms with Crippen molar-refractivity contribution in [1.82, 2.24) is 0 Å². The average Bonchev–Trinajstić information content (AvgIpc) is 2.72. The lowest BCUT2D eigenvalue weighted by molar-refractivity contribution is 0.355. The molecule has 0 aliphatic rings. The largest absolute Gasteiger partial charge is 0.497 e. The van der Waals surface area contributed by atoms with Crippen molar-refractivity contribution in [3.63, 3.8) is 0 Å². The summed E-state index contributed by atoms with van der Waals surface area (Å²) in [6, 6.07) is 16.3. The molecule has 0 unspecified atom stereocenters. The van der Waals surface area contributed by atoms with Crippen molar-refractivity contribution in [2.75, 3.05) is 21.3 Å². The van der Waals surface area contributed by atoms with Gasteiger partial charge in [0.05, 0.1) is 32.1 Å². The molecule has 5 heteroatoms. The minimum Gasteiger partial charge on any atom is -0.497 e. The van der Waals surface area contributed by atoms with E-state index in [9.17, 15) is 4.79 Å². The van der Waals surface area contributed by atoms with Crippen LogP contribution >= 0.6 is 0 Å². The maximum Gasteiger partial charge on any atom is 0.201 e. The molecule has 3 aromatic carbocycles. The third-order valence-corrected chi connectivity index (χ3v) is 4.60. The lowest BCUT2D eigenvalue weighted by Gasteiger charge is -2.11. The molecule has 0 spiro atoms. The highest BCUT2D eigenvalue weighted by atomic mass is 16.5. The van der Waals surface area contributed by atoms with E-state index in [2.05, 4.69) is 0 Å². The normalized spacial score (nSPS) is 10.9. The Hall–Kier alpha value is -3.47. The van der Waals surface area contributed by atoms with E-state index in [4.69, 9.17) is 18.6 Å². The molecule has 0 N–H and O–H groups in total. The molecule has 27 heavy (non-hydrogen) atoms. The molecule has 1 heterocycles. The number of rotatable bonds is 4. The van der Waals surface area contributed by atoms with Crippen LogP contribution in [0.3, 0.4) is 0 Å². The van der Waals surface area contributed by atoms with Gasteiger partial charge in [0.25, 0.3) is 0 Å². The zero-order valence-electron chi connectivity index (χ0n) is 15.2. The minimum absolute atomic E-state index is 0.0840. The summed E-state index contributed by atoms with van der Waals surface area (Å²) < 4.78 is 21.9. The first-order valence-corrected chi connectivity index (χ1v) is 8.42. The molecule has 0 saturated carbocycles. The van der Waals surface area contributed by atoms with Crippen molar-refractivity contribution in [3.05, 3.63) is 64.8 Å². The molecule has 0 atom stereocenters. The molecule has 0 bridgehead atoms. The van der Waals surface area contributed by atoms with E-state index >= 15 is 0 Å². The van der Waals surface area contributed by atoms with Gasteiger partial charge >= 0.3 is 0 Å². The number of benzene rings is 3. The van der Waals surface area contributed by atoms with Crippen LogP contribution in [0.25, 0.3) is 33.1 Å². The Kier molecular flexibility index (Phi) is 4.20. The summed E-state index contributed by atoms with van der Waals surface area (Å²) in [5.74, 6) is 1.87. The SMILES string of the molecule is COc1ccc2c(=O)c3c(-c4ccc(OC)c(OC)c4)cccc3oc2c1. The van der Waals surface area contributed by atoms with Crippen molar-refractivity contribution in [2.45, 2.75) is 0 Å². The number of hydrogen-bond acceptors (Lipinski definition) is 5. The van der Waals surface area contributed by atoms with E-state index in [-0.39, 0.29) is 5.43 Å². The monoisotopic (exact) mass is 362 g/mol. The van der Waals surface area contributed by atoms with E-state index in [1.165, 1.54) is 0 Å². The van der Waals surface area contributed by atoms with Gasteiger partial charge in [-0.2, -0.15) is 0 Å². The zero-order chi connectivity index (χ0) is 19.0. The lowest BCUT2D eigenvalue weighted by atomic mass is 9.99. The van der Waals surface area contributed by atoms with Gasteiger partial charge in [0.15, 0.2) is 11.5 Å². The van der Waals surface area contributed by atoms with E-state index in [0.29, 0.717) is 39.2 Å². The number of fused-ring (bicyclic) bond motifs is 2. The second kappa shape index (κ2) is 6.68. The molecule has 0 aliphatic heterocycles. The highest BCUT2D eigenvalue weighted by Gasteiger charge is 2.15. The third kappa shape index (κ3) is 2.77. The summed E-state index contributed by atoms with van der Waals surface area (Å²) >= 11 is 0. The highest BCUT2D eigenvalue weighted by molar-refractivity contribution is 5.99. The Morgan fingerprint density at radius 3 is 2.33 bits per heavy atom. The van der Waals surface area contributed by atoms with Crippen LogP contribution in [0.15, 0.2) is 63.8 Å². The number of ether oxygens (including phenoxy) is 3. The maximum absolute atomic E-state index is 13.2. The fourth-order valence-corrected chi connectivity index (χ4v) is 3.25. The first-order valence-electron chi connectivity index (χ1n) is 8.42. The standard InChI is InChI=1S/C22H18O5/c1-24-14-8-9-16-19(12-14)27-18-6-4-5-15(21(18)22(16)23)13-7-10-17(25-2)20(11-13)26-3/h4-12H,1-3H3. The van der Waals surface area contributed by atoms with Crippen LogP contribution in [0.2, 0.25) is 0 Å². The summed E-state index contributed by atoms with van der Waals surface area (Å²) in [4.78, 5) is 13.2. The van der Waals surface area contributed by atoms with E-state index in [1.807, 2.05) is 30.3 Å². The van der Waals surface area contributed by atoms with Gasteiger partial charge in [-0.3, -0.25) is 4.79 Å². The summed E-state index contributed by atoms with van der Waals surface area (Å²) in [6.07, 6.45) is 0. The average molecular weight is 362 g/mol. The Morgan fingerprint density at radius 1 is 0.778 bits per heavy atom. The van der Waals surface area contributed by atoms with Gasteiger partial charge in [-0.25, -0.2) is 0 Å². The van der Waals surface area contributed by atoms with E-state index in [0.717, 1.165) is 11.1 Å². The Bertz CT molecular complexity index is 1210. The second-order valence-corrected chi connectivity index (χ2v) is 6.04. The Balaban J connectivity index is 2.02. The molecule has 4 rings (SSSR count). The first kappa shape index (κ1) is 17.0.